The normalized spacial score (nSPS) is 16.6. The lowest BCUT2D eigenvalue weighted by molar-refractivity contribution is -0.140. The predicted molar refractivity (Wildman–Crippen MR) is 83.2 cm³/mol. The Labute approximate surface area is 128 Å². The van der Waals surface area contributed by atoms with Gasteiger partial charge in [0.2, 0.25) is 5.91 Å². The van der Waals surface area contributed by atoms with E-state index in [4.69, 9.17) is 4.74 Å². The van der Waals surface area contributed by atoms with Gasteiger partial charge in [0.25, 0.3) is 0 Å². The highest BCUT2D eigenvalue weighted by molar-refractivity contribution is 9.10. The van der Waals surface area contributed by atoms with Crippen molar-refractivity contribution in [3.63, 3.8) is 0 Å². The van der Waals surface area contributed by atoms with Gasteiger partial charge in [0.15, 0.2) is 0 Å². The minimum Gasteiger partial charge on any atom is -0.385 e. The molecule has 0 saturated heterocycles. The van der Waals surface area contributed by atoms with Crippen molar-refractivity contribution in [3.05, 3.63) is 46.5 Å². The van der Waals surface area contributed by atoms with Crippen LogP contribution in [0, 0.1) is 5.41 Å². The lowest BCUT2D eigenvalue weighted by Crippen LogP contribution is -2.39. The highest BCUT2D eigenvalue weighted by Crippen LogP contribution is 2.34. The van der Waals surface area contributed by atoms with Crippen molar-refractivity contribution in [1.29, 1.82) is 0 Å². The van der Waals surface area contributed by atoms with E-state index in [1.807, 2.05) is 24.0 Å². The first kappa shape index (κ1) is 15.3. The molecule has 1 aliphatic heterocycles. The van der Waals surface area contributed by atoms with Crippen molar-refractivity contribution in [2.75, 3.05) is 13.7 Å². The second-order valence-corrected chi connectivity index (χ2v) is 6.26. The Kier molecular flexibility index (Phi) is 4.66. The van der Waals surface area contributed by atoms with Gasteiger partial charge in [-0.2, -0.15) is 0 Å². The second-order valence-electron chi connectivity index (χ2n) is 5.40. The average Bonchev–Trinajstić information content (AvgIpc) is 2.89. The van der Waals surface area contributed by atoms with Crippen LogP contribution in [0.4, 0.5) is 0 Å². The zero-order chi connectivity index (χ0) is 14.8. The van der Waals surface area contributed by atoms with Crippen LogP contribution in [-0.2, 0) is 22.6 Å². The van der Waals surface area contributed by atoms with Crippen LogP contribution in [0.3, 0.4) is 0 Å². The molecule has 0 saturated carbocycles. The highest BCUT2D eigenvalue weighted by atomic mass is 79.9. The van der Waals surface area contributed by atoms with Crippen LogP contribution in [0.25, 0.3) is 0 Å². The number of nitrogens with zero attached hydrogens (tertiary/aromatic N) is 1. The first-order chi connectivity index (χ1) is 9.51. The quantitative estimate of drug-likeness (QED) is 0.769. The molecule has 0 fully saturated rings. The Balaban J connectivity index is 2.16. The van der Waals surface area contributed by atoms with Crippen molar-refractivity contribution in [2.45, 2.75) is 26.4 Å². The van der Waals surface area contributed by atoms with Gasteiger partial charge in [0.1, 0.15) is 0 Å². The van der Waals surface area contributed by atoms with E-state index in [1.165, 1.54) is 11.1 Å². The summed E-state index contributed by atoms with van der Waals surface area (Å²) in [6, 6.07) is 6.10. The van der Waals surface area contributed by atoms with Crippen molar-refractivity contribution in [2.24, 2.45) is 5.41 Å². The number of hydrogen-bond donors (Lipinski definition) is 0. The molecule has 0 bridgehead atoms. The molecule has 2 rings (SSSR count). The number of amides is 1. The Morgan fingerprint density at radius 3 is 2.90 bits per heavy atom. The Hall–Kier alpha value is -1.13. The number of fused-ring (bicyclic) bond motifs is 1. The topological polar surface area (TPSA) is 29.5 Å². The van der Waals surface area contributed by atoms with Gasteiger partial charge >= 0.3 is 0 Å². The third-order valence-electron chi connectivity index (χ3n) is 3.98. The molecule has 1 amide bonds. The summed E-state index contributed by atoms with van der Waals surface area (Å²) in [5.41, 5.74) is 1.86. The van der Waals surface area contributed by atoms with Gasteiger partial charge in [0.05, 0.1) is 5.41 Å². The van der Waals surface area contributed by atoms with E-state index in [-0.39, 0.29) is 5.91 Å². The van der Waals surface area contributed by atoms with E-state index >= 15 is 0 Å². The molecule has 1 heterocycles. The molecule has 0 N–H and O–H groups in total. The van der Waals surface area contributed by atoms with Crippen LogP contribution < -0.4 is 0 Å². The smallest absolute Gasteiger partial charge is 0.233 e. The standard InChI is InChI=1S/C16H20BrNO2/c1-4-16(2,8-9-20-3)15(19)18-10-12-6-5-7-14(17)13(12)11-18/h4-7H,1,8-11H2,2-3H3/t16-/m0/s1. The summed E-state index contributed by atoms with van der Waals surface area (Å²) in [6.07, 6.45) is 2.40. The molecule has 0 unspecified atom stereocenters. The maximum absolute atomic E-state index is 12.8. The average molecular weight is 338 g/mol. The van der Waals surface area contributed by atoms with Gasteiger partial charge in [-0.3, -0.25) is 4.79 Å². The number of hydrogen-bond acceptors (Lipinski definition) is 2. The number of halogens is 1. The minimum atomic E-state index is -0.565. The summed E-state index contributed by atoms with van der Waals surface area (Å²) < 4.78 is 6.18. The molecule has 108 valence electrons. The summed E-state index contributed by atoms with van der Waals surface area (Å²) in [7, 11) is 1.65. The summed E-state index contributed by atoms with van der Waals surface area (Å²) in [6.45, 7) is 7.65. The molecule has 0 radical (unpaired) electrons. The summed E-state index contributed by atoms with van der Waals surface area (Å²) in [5.74, 6) is 0.118. The fourth-order valence-corrected chi connectivity index (χ4v) is 3.03. The van der Waals surface area contributed by atoms with E-state index < -0.39 is 5.41 Å². The van der Waals surface area contributed by atoms with Crippen molar-refractivity contribution < 1.29 is 9.53 Å². The summed E-state index contributed by atoms with van der Waals surface area (Å²) in [4.78, 5) is 14.7. The summed E-state index contributed by atoms with van der Waals surface area (Å²) >= 11 is 3.56. The zero-order valence-electron chi connectivity index (χ0n) is 12.0. The molecule has 4 heteroatoms. The lowest BCUT2D eigenvalue weighted by atomic mass is 9.85. The predicted octanol–water partition coefficient (Wildman–Crippen LogP) is 3.52. The van der Waals surface area contributed by atoms with E-state index in [0.29, 0.717) is 26.1 Å². The maximum atomic E-state index is 12.8. The largest absolute Gasteiger partial charge is 0.385 e. The van der Waals surface area contributed by atoms with Gasteiger partial charge in [0, 0.05) is 31.3 Å². The van der Waals surface area contributed by atoms with Crippen LogP contribution in [0.5, 0.6) is 0 Å². The number of rotatable bonds is 5. The third kappa shape index (κ3) is 2.81. The molecule has 3 nitrogen and oxygen atoms in total. The summed E-state index contributed by atoms with van der Waals surface area (Å²) in [5, 5.41) is 0. The number of methoxy groups -OCH3 is 1. The fourth-order valence-electron chi connectivity index (χ4n) is 2.50. The highest BCUT2D eigenvalue weighted by Gasteiger charge is 2.36. The zero-order valence-corrected chi connectivity index (χ0v) is 13.6. The molecule has 1 atom stereocenters. The van der Waals surface area contributed by atoms with Gasteiger partial charge in [-0.1, -0.05) is 34.1 Å². The van der Waals surface area contributed by atoms with Crippen LogP contribution in [0.15, 0.2) is 35.3 Å². The molecule has 20 heavy (non-hydrogen) atoms. The van der Waals surface area contributed by atoms with Gasteiger partial charge in [-0.05, 0) is 30.5 Å². The second kappa shape index (κ2) is 6.10. The van der Waals surface area contributed by atoms with Gasteiger partial charge in [-0.15, -0.1) is 6.58 Å². The first-order valence-corrected chi connectivity index (χ1v) is 7.49. The van der Waals surface area contributed by atoms with Crippen molar-refractivity contribution in [1.82, 2.24) is 4.90 Å². The molecule has 0 aliphatic carbocycles. The number of ether oxygens (including phenoxy) is 1. The number of carbonyl (C=O) groups is 1. The van der Waals surface area contributed by atoms with E-state index in [9.17, 15) is 4.79 Å². The van der Waals surface area contributed by atoms with E-state index in [2.05, 4.69) is 28.6 Å². The molecular formula is C16H20BrNO2. The van der Waals surface area contributed by atoms with E-state index in [0.717, 1.165) is 4.47 Å². The van der Waals surface area contributed by atoms with Crippen LogP contribution >= 0.6 is 15.9 Å². The molecule has 0 spiro atoms. The number of benzene rings is 1. The Morgan fingerprint density at radius 2 is 2.30 bits per heavy atom. The maximum Gasteiger partial charge on any atom is 0.233 e. The van der Waals surface area contributed by atoms with Gasteiger partial charge < -0.3 is 9.64 Å². The number of carbonyl (C=O) groups excluding carboxylic acids is 1. The van der Waals surface area contributed by atoms with Crippen LogP contribution in [-0.4, -0.2) is 24.5 Å². The minimum absolute atomic E-state index is 0.118. The monoisotopic (exact) mass is 337 g/mol. The van der Waals surface area contributed by atoms with Crippen molar-refractivity contribution >= 4 is 21.8 Å². The molecule has 1 aliphatic rings. The lowest BCUT2D eigenvalue weighted by Gasteiger charge is -2.29. The molecule has 1 aromatic rings. The first-order valence-electron chi connectivity index (χ1n) is 6.70. The third-order valence-corrected chi connectivity index (χ3v) is 4.72. The van der Waals surface area contributed by atoms with Crippen LogP contribution in [0.1, 0.15) is 24.5 Å². The fraction of sp³-hybridized carbons (Fsp3) is 0.438. The Bertz CT molecular complexity index is 529. The van der Waals surface area contributed by atoms with Crippen LogP contribution in [0.2, 0.25) is 0 Å². The van der Waals surface area contributed by atoms with Crippen molar-refractivity contribution in [3.8, 4) is 0 Å². The molecular weight excluding hydrogens is 318 g/mol. The molecule has 1 aromatic carbocycles. The molecule has 0 aromatic heterocycles. The van der Waals surface area contributed by atoms with E-state index in [1.54, 1.807) is 13.2 Å². The van der Waals surface area contributed by atoms with Gasteiger partial charge in [-0.25, -0.2) is 0 Å². The SMILES string of the molecule is C=C[C@@](C)(CCOC)C(=O)N1Cc2cccc(Br)c2C1. The Morgan fingerprint density at radius 1 is 1.55 bits per heavy atom.